The second kappa shape index (κ2) is 3.28. The lowest BCUT2D eigenvalue weighted by molar-refractivity contribution is 1.34. The van der Waals surface area contributed by atoms with Crippen LogP contribution < -0.4 is 5.46 Å². The molecule has 0 aliphatic heterocycles. The Hall–Kier alpha value is -0.785. The monoisotopic (exact) mass is 118 g/mol. The second-order valence-corrected chi connectivity index (χ2v) is 1.90. The van der Waals surface area contributed by atoms with Gasteiger partial charge in [-0.15, -0.1) is 0 Å². The van der Waals surface area contributed by atoms with Crippen LogP contribution in [-0.2, 0) is 0 Å². The average Bonchev–Trinajstić information content (AvgIpc) is 1.91. The van der Waals surface area contributed by atoms with Gasteiger partial charge in [-0.25, -0.2) is 0 Å². The molecular formula is C7H9BN. The minimum atomic E-state index is 1.08. The van der Waals surface area contributed by atoms with E-state index in [-0.39, 0.29) is 0 Å². The van der Waals surface area contributed by atoms with Crippen LogP contribution in [0.2, 0.25) is 6.32 Å². The average molecular weight is 118 g/mol. The van der Waals surface area contributed by atoms with Gasteiger partial charge in [-0.05, 0) is 6.07 Å². The van der Waals surface area contributed by atoms with E-state index in [2.05, 4.69) is 25.3 Å². The highest BCUT2D eigenvalue weighted by molar-refractivity contribution is 6.53. The predicted octanol–water partition coefficient (Wildman–Crippen LogP) is 0.849. The number of aromatic nitrogens is 1. The molecule has 0 bridgehead atoms. The summed E-state index contributed by atoms with van der Waals surface area (Å²) in [7, 11) is 2.15. The van der Waals surface area contributed by atoms with Crippen molar-refractivity contribution in [1.29, 1.82) is 0 Å². The molecule has 9 heavy (non-hydrogen) atoms. The molecule has 1 nitrogen and oxygen atoms in total. The van der Waals surface area contributed by atoms with Gasteiger partial charge >= 0.3 is 0 Å². The minimum absolute atomic E-state index is 1.08. The molecule has 0 atom stereocenters. The fraction of sp³-hybridized carbons (Fsp3) is 0.286. The van der Waals surface area contributed by atoms with E-state index < -0.39 is 0 Å². The van der Waals surface area contributed by atoms with Crippen LogP contribution >= 0.6 is 0 Å². The first-order chi connectivity index (χ1) is 4.43. The number of hydrogen-bond donors (Lipinski definition) is 0. The van der Waals surface area contributed by atoms with E-state index in [1.165, 1.54) is 5.46 Å². The van der Waals surface area contributed by atoms with Crippen LogP contribution in [0.25, 0.3) is 0 Å². The predicted molar refractivity (Wildman–Crippen MR) is 40.1 cm³/mol. The van der Waals surface area contributed by atoms with Gasteiger partial charge in [0, 0.05) is 12.4 Å². The van der Waals surface area contributed by atoms with Gasteiger partial charge in [0.05, 0.1) is 0 Å². The summed E-state index contributed by atoms with van der Waals surface area (Å²) >= 11 is 0. The molecule has 0 fully saturated rings. The van der Waals surface area contributed by atoms with Gasteiger partial charge in [-0.2, -0.15) is 0 Å². The molecule has 1 heterocycles. The fourth-order valence-corrected chi connectivity index (χ4v) is 0.732. The Bertz CT molecular complexity index is 162. The first kappa shape index (κ1) is 6.34. The summed E-state index contributed by atoms with van der Waals surface area (Å²) < 4.78 is 0. The minimum Gasteiger partial charge on any atom is -0.265 e. The Morgan fingerprint density at radius 1 is 1.67 bits per heavy atom. The van der Waals surface area contributed by atoms with Crippen LogP contribution in [0, 0.1) is 0 Å². The van der Waals surface area contributed by atoms with Gasteiger partial charge < -0.3 is 0 Å². The van der Waals surface area contributed by atoms with Crippen LogP contribution in [0.3, 0.4) is 0 Å². The lowest BCUT2D eigenvalue weighted by atomic mass is 9.69. The van der Waals surface area contributed by atoms with Crippen LogP contribution in [0.4, 0.5) is 0 Å². The van der Waals surface area contributed by atoms with E-state index in [0.717, 1.165) is 6.32 Å². The van der Waals surface area contributed by atoms with Crippen molar-refractivity contribution in [2.24, 2.45) is 0 Å². The standard InChI is InChI=1S/C7H9BN/c1-2-8-7-4-3-5-9-6-7/h3-6H,2H2,1H3. The first-order valence-corrected chi connectivity index (χ1v) is 3.16. The summed E-state index contributed by atoms with van der Waals surface area (Å²) in [6.07, 6.45) is 4.72. The maximum Gasteiger partial charge on any atom is 0.153 e. The Kier molecular flexibility index (Phi) is 2.31. The van der Waals surface area contributed by atoms with Crippen LogP contribution in [0.5, 0.6) is 0 Å². The van der Waals surface area contributed by atoms with E-state index in [4.69, 9.17) is 0 Å². The van der Waals surface area contributed by atoms with Crippen molar-refractivity contribution < 1.29 is 0 Å². The van der Waals surface area contributed by atoms with E-state index in [0.29, 0.717) is 0 Å². The first-order valence-electron chi connectivity index (χ1n) is 3.16. The van der Waals surface area contributed by atoms with Gasteiger partial charge in [0.2, 0.25) is 0 Å². The molecule has 0 aliphatic carbocycles. The molecule has 1 aromatic rings. The third kappa shape index (κ3) is 1.88. The zero-order valence-corrected chi connectivity index (χ0v) is 5.54. The van der Waals surface area contributed by atoms with Gasteiger partial charge in [0.15, 0.2) is 7.28 Å². The highest BCUT2D eigenvalue weighted by atomic mass is 14.6. The molecule has 0 amide bonds. The summed E-state index contributed by atoms with van der Waals surface area (Å²) in [4.78, 5) is 3.97. The number of rotatable bonds is 2. The molecule has 0 unspecified atom stereocenters. The van der Waals surface area contributed by atoms with Crippen LogP contribution in [-0.4, -0.2) is 12.3 Å². The molecule has 1 radical (unpaired) electrons. The normalized spacial score (nSPS) is 9.00. The van der Waals surface area contributed by atoms with Crippen LogP contribution in [0.15, 0.2) is 24.5 Å². The van der Waals surface area contributed by atoms with E-state index in [1.54, 1.807) is 6.20 Å². The highest BCUT2D eigenvalue weighted by Crippen LogP contribution is 1.78. The van der Waals surface area contributed by atoms with Crippen molar-refractivity contribution in [1.82, 2.24) is 4.98 Å². The van der Waals surface area contributed by atoms with Gasteiger partial charge in [0.1, 0.15) is 0 Å². The summed E-state index contributed by atoms with van der Waals surface area (Å²) in [6, 6.07) is 4.00. The number of nitrogens with zero attached hydrogens (tertiary/aromatic N) is 1. The molecule has 2 heteroatoms. The summed E-state index contributed by atoms with van der Waals surface area (Å²) in [5.74, 6) is 0. The maximum atomic E-state index is 3.97. The second-order valence-electron chi connectivity index (χ2n) is 1.90. The van der Waals surface area contributed by atoms with Gasteiger partial charge in [-0.1, -0.05) is 24.8 Å². The quantitative estimate of drug-likeness (QED) is 0.524. The van der Waals surface area contributed by atoms with Crippen LogP contribution in [0.1, 0.15) is 6.92 Å². The molecule has 1 aromatic heterocycles. The molecule has 0 spiro atoms. The van der Waals surface area contributed by atoms with Crippen molar-refractivity contribution in [3.63, 3.8) is 0 Å². The van der Waals surface area contributed by atoms with Gasteiger partial charge in [-0.3, -0.25) is 4.98 Å². The van der Waals surface area contributed by atoms with Crippen molar-refractivity contribution in [3.8, 4) is 0 Å². The van der Waals surface area contributed by atoms with Crippen molar-refractivity contribution >= 4 is 12.7 Å². The molecule has 45 valence electrons. The van der Waals surface area contributed by atoms with Crippen molar-refractivity contribution in [3.05, 3.63) is 24.5 Å². The van der Waals surface area contributed by atoms with Crippen molar-refractivity contribution in [2.45, 2.75) is 13.2 Å². The van der Waals surface area contributed by atoms with E-state index in [1.807, 2.05) is 12.3 Å². The Balaban J connectivity index is 2.61. The van der Waals surface area contributed by atoms with Gasteiger partial charge in [0.25, 0.3) is 0 Å². The van der Waals surface area contributed by atoms with Crippen molar-refractivity contribution in [2.75, 3.05) is 0 Å². The largest absolute Gasteiger partial charge is 0.265 e. The summed E-state index contributed by atoms with van der Waals surface area (Å²) in [5.41, 5.74) is 1.21. The third-order valence-corrected chi connectivity index (χ3v) is 1.12. The zero-order chi connectivity index (χ0) is 6.53. The van der Waals surface area contributed by atoms with E-state index >= 15 is 0 Å². The summed E-state index contributed by atoms with van der Waals surface area (Å²) in [5, 5.41) is 0. The Morgan fingerprint density at radius 3 is 3.11 bits per heavy atom. The molecule has 0 saturated heterocycles. The number of pyridine rings is 1. The molecule has 0 N–H and O–H groups in total. The smallest absolute Gasteiger partial charge is 0.153 e. The maximum absolute atomic E-state index is 3.97. The fourth-order valence-electron chi connectivity index (χ4n) is 0.732. The lowest BCUT2D eigenvalue weighted by Crippen LogP contribution is -2.11. The molecule has 0 saturated carbocycles. The van der Waals surface area contributed by atoms with E-state index in [9.17, 15) is 0 Å². The Labute approximate surface area is 56.4 Å². The molecule has 0 aliphatic rings. The number of hydrogen-bond acceptors (Lipinski definition) is 1. The molecular weight excluding hydrogens is 109 g/mol. The highest BCUT2D eigenvalue weighted by Gasteiger charge is 1.88. The topological polar surface area (TPSA) is 12.9 Å². The molecule has 0 aromatic carbocycles. The summed E-state index contributed by atoms with van der Waals surface area (Å²) in [6.45, 7) is 2.12. The zero-order valence-electron chi connectivity index (χ0n) is 5.54. The SMILES string of the molecule is CC[B]c1cccnc1. The third-order valence-electron chi connectivity index (χ3n) is 1.12. The lowest BCUT2D eigenvalue weighted by Gasteiger charge is -1.91. The Morgan fingerprint density at radius 2 is 2.56 bits per heavy atom. The molecule has 1 rings (SSSR count).